The number of nitrogens with zero attached hydrogens (tertiary/aromatic N) is 2. The van der Waals surface area contributed by atoms with Gasteiger partial charge in [0.1, 0.15) is 11.0 Å². The van der Waals surface area contributed by atoms with Gasteiger partial charge in [-0.05, 0) is 96.7 Å². The highest BCUT2D eigenvalue weighted by Gasteiger charge is 2.45. The molecular formula is C45H52N2S3. The third kappa shape index (κ3) is 6.66. The van der Waals surface area contributed by atoms with E-state index in [2.05, 4.69) is 114 Å². The first-order valence-electron chi connectivity index (χ1n) is 19.1. The second kappa shape index (κ2) is 15.2. The Morgan fingerprint density at radius 3 is 1.70 bits per heavy atom. The Hall–Kier alpha value is -3.12. The molecule has 0 spiro atoms. The number of rotatable bonds is 15. The minimum atomic E-state index is 0.0457. The Morgan fingerprint density at radius 2 is 1.12 bits per heavy atom. The van der Waals surface area contributed by atoms with Crippen LogP contribution in [-0.2, 0) is 5.41 Å². The fourth-order valence-corrected chi connectivity index (χ4v) is 11.1. The number of hydrogen-bond donors (Lipinski definition) is 0. The molecule has 5 heteroatoms. The summed E-state index contributed by atoms with van der Waals surface area (Å²) in [6, 6.07) is 28.3. The molecule has 3 heterocycles. The minimum absolute atomic E-state index is 0.0457. The van der Waals surface area contributed by atoms with Crippen molar-refractivity contribution in [2.45, 2.75) is 111 Å². The number of benzene rings is 3. The summed E-state index contributed by atoms with van der Waals surface area (Å²) in [7, 11) is 0. The van der Waals surface area contributed by atoms with Crippen molar-refractivity contribution in [1.82, 2.24) is 8.75 Å². The van der Waals surface area contributed by atoms with Gasteiger partial charge >= 0.3 is 0 Å². The van der Waals surface area contributed by atoms with E-state index in [9.17, 15) is 0 Å². The first kappa shape index (κ1) is 35.3. The Morgan fingerprint density at radius 1 is 0.580 bits per heavy atom. The number of fused-ring (bicyclic) bond motifs is 4. The average Bonchev–Trinajstić information content (AvgIpc) is 3.95. The molecule has 0 saturated carbocycles. The van der Waals surface area contributed by atoms with E-state index in [1.54, 1.807) is 11.1 Å². The Balaban J connectivity index is 1.32. The van der Waals surface area contributed by atoms with Gasteiger partial charge in [-0.15, -0.1) is 22.7 Å². The first-order chi connectivity index (χ1) is 24.4. The maximum absolute atomic E-state index is 4.82. The number of hydrogen-bond acceptors (Lipinski definition) is 5. The van der Waals surface area contributed by atoms with Gasteiger partial charge in [0, 0.05) is 36.1 Å². The van der Waals surface area contributed by atoms with Crippen molar-refractivity contribution < 1.29 is 0 Å². The number of unbranched alkanes of at least 4 members (excludes halogenated alkanes) is 2. The van der Waals surface area contributed by atoms with Crippen molar-refractivity contribution >= 4 is 45.4 Å². The molecule has 0 fully saturated rings. The summed E-state index contributed by atoms with van der Waals surface area (Å²) in [6.07, 6.45) is 12.9. The maximum Gasteiger partial charge on any atom is 0.114 e. The third-order valence-electron chi connectivity index (χ3n) is 11.5. The van der Waals surface area contributed by atoms with Crippen LogP contribution in [0.3, 0.4) is 0 Å². The molecule has 260 valence electrons. The Kier molecular flexibility index (Phi) is 10.8. The lowest BCUT2D eigenvalue weighted by atomic mass is 9.65. The molecule has 2 unspecified atom stereocenters. The lowest BCUT2D eigenvalue weighted by molar-refractivity contribution is 0.266. The van der Waals surface area contributed by atoms with Gasteiger partial charge in [-0.25, -0.2) is 0 Å². The van der Waals surface area contributed by atoms with E-state index in [0.29, 0.717) is 0 Å². The normalized spacial score (nSPS) is 16.5. The molecule has 6 aromatic rings. The highest BCUT2D eigenvalue weighted by Crippen LogP contribution is 2.57. The minimum Gasteiger partial charge on any atom is -0.172 e. The first-order valence-corrected chi connectivity index (χ1v) is 21.4. The zero-order valence-electron chi connectivity index (χ0n) is 30.8. The molecule has 0 amide bonds. The predicted molar refractivity (Wildman–Crippen MR) is 221 cm³/mol. The van der Waals surface area contributed by atoms with Crippen molar-refractivity contribution in [3.05, 3.63) is 94.4 Å². The van der Waals surface area contributed by atoms with E-state index in [1.807, 2.05) is 22.7 Å². The van der Waals surface area contributed by atoms with Crippen LogP contribution in [0.15, 0.2) is 72.8 Å². The van der Waals surface area contributed by atoms with Crippen LogP contribution in [0.25, 0.3) is 53.5 Å². The van der Waals surface area contributed by atoms with Gasteiger partial charge in [0.15, 0.2) is 0 Å². The summed E-state index contributed by atoms with van der Waals surface area (Å²) < 4.78 is 9.60. The van der Waals surface area contributed by atoms with Crippen molar-refractivity contribution in [1.29, 1.82) is 0 Å². The van der Waals surface area contributed by atoms with E-state index >= 15 is 0 Å². The van der Waals surface area contributed by atoms with Crippen molar-refractivity contribution in [3.63, 3.8) is 0 Å². The van der Waals surface area contributed by atoms with Gasteiger partial charge in [-0.2, -0.15) is 8.75 Å². The highest BCUT2D eigenvalue weighted by atomic mass is 32.1. The van der Waals surface area contributed by atoms with Crippen LogP contribution in [0, 0.1) is 25.7 Å². The molecular weight excluding hydrogens is 665 g/mol. The molecule has 0 saturated heterocycles. The molecule has 2 nitrogen and oxygen atoms in total. The smallest absolute Gasteiger partial charge is 0.114 e. The lowest BCUT2D eigenvalue weighted by Crippen LogP contribution is -2.31. The van der Waals surface area contributed by atoms with Crippen molar-refractivity contribution in [2.24, 2.45) is 11.8 Å². The second-order valence-corrected chi connectivity index (χ2v) is 17.7. The summed E-state index contributed by atoms with van der Waals surface area (Å²) in [4.78, 5) is 5.16. The monoisotopic (exact) mass is 716 g/mol. The SMILES string of the molecule is CCCCC(CC)CC1(CC(CC)CCCC)c2cc(C)ccc2-c2ccc(-c3ccc(-c4ccc(-c5ccc(C)s5)c5nsnc45)s3)cc21. The number of aryl methyl sites for hydroxylation is 2. The lowest BCUT2D eigenvalue weighted by Gasteiger charge is -2.39. The number of thiophene rings is 2. The molecule has 50 heavy (non-hydrogen) atoms. The molecule has 0 bridgehead atoms. The zero-order valence-corrected chi connectivity index (χ0v) is 33.2. The van der Waals surface area contributed by atoms with Crippen LogP contribution in [0.4, 0.5) is 0 Å². The second-order valence-electron chi connectivity index (χ2n) is 14.8. The van der Waals surface area contributed by atoms with Gasteiger partial charge in [0.2, 0.25) is 0 Å². The molecule has 3 aromatic heterocycles. The largest absolute Gasteiger partial charge is 0.172 e. The molecule has 2 atom stereocenters. The van der Waals surface area contributed by atoms with Crippen LogP contribution in [0.5, 0.6) is 0 Å². The third-order valence-corrected chi connectivity index (χ3v) is 14.2. The van der Waals surface area contributed by atoms with Crippen LogP contribution >= 0.6 is 34.4 Å². The van der Waals surface area contributed by atoms with Gasteiger partial charge in [0.05, 0.1) is 11.7 Å². The van der Waals surface area contributed by atoms with E-state index in [4.69, 9.17) is 8.75 Å². The molecule has 1 aliphatic rings. The van der Waals surface area contributed by atoms with Crippen LogP contribution in [-0.4, -0.2) is 8.75 Å². The molecule has 0 aliphatic heterocycles. The fourth-order valence-electron chi connectivity index (χ4n) is 8.64. The van der Waals surface area contributed by atoms with Crippen LogP contribution in [0.1, 0.15) is 113 Å². The van der Waals surface area contributed by atoms with E-state index in [0.717, 1.165) is 22.9 Å². The standard InChI is InChI=1S/C45H52N2S3/c1-7-11-13-31(9-3)27-45(28-32(10-4)14-12-8-2)38-25-29(5)15-18-34(38)35-19-17-33(26-39(35)45)40-23-24-42(49-40)37-21-20-36(41-22-16-30(6)48-41)43-44(37)47-50-46-43/h15-26,31-32H,7-14,27-28H2,1-6H3. The average molecular weight is 717 g/mol. The maximum atomic E-state index is 4.82. The topological polar surface area (TPSA) is 25.8 Å². The Labute approximate surface area is 312 Å². The summed E-state index contributed by atoms with van der Waals surface area (Å²) >= 11 is 5.04. The van der Waals surface area contributed by atoms with Gasteiger partial charge in [-0.3, -0.25) is 0 Å². The molecule has 0 radical (unpaired) electrons. The van der Waals surface area contributed by atoms with Crippen molar-refractivity contribution in [2.75, 3.05) is 0 Å². The van der Waals surface area contributed by atoms with Gasteiger partial charge < -0.3 is 0 Å². The molecule has 1 aliphatic carbocycles. The highest BCUT2D eigenvalue weighted by molar-refractivity contribution is 7.19. The van der Waals surface area contributed by atoms with Crippen LogP contribution in [0.2, 0.25) is 0 Å². The van der Waals surface area contributed by atoms with Crippen molar-refractivity contribution in [3.8, 4) is 42.4 Å². The predicted octanol–water partition coefficient (Wildman–Crippen LogP) is 14.9. The zero-order chi connectivity index (χ0) is 34.8. The van der Waals surface area contributed by atoms with Gasteiger partial charge in [-0.1, -0.05) is 127 Å². The summed E-state index contributed by atoms with van der Waals surface area (Å²) in [6.45, 7) is 14.0. The van der Waals surface area contributed by atoms with E-state index in [-0.39, 0.29) is 5.41 Å². The van der Waals surface area contributed by atoms with Gasteiger partial charge in [0.25, 0.3) is 0 Å². The Bertz CT molecular complexity index is 2060. The molecule has 3 aromatic carbocycles. The summed E-state index contributed by atoms with van der Waals surface area (Å²) in [5, 5.41) is 0. The fraction of sp³-hybridized carbons (Fsp3) is 0.422. The summed E-state index contributed by atoms with van der Waals surface area (Å²) in [5.41, 5.74) is 13.3. The molecule has 0 N–H and O–H groups in total. The quantitative estimate of drug-likeness (QED) is 0.106. The van der Waals surface area contributed by atoms with Crippen LogP contribution < -0.4 is 0 Å². The summed E-state index contributed by atoms with van der Waals surface area (Å²) in [5.74, 6) is 1.45. The van der Waals surface area contributed by atoms with E-state index < -0.39 is 0 Å². The molecule has 7 rings (SSSR count). The van der Waals surface area contributed by atoms with E-state index in [1.165, 1.54) is 129 Å². The number of aromatic nitrogens is 2.